The van der Waals surface area contributed by atoms with E-state index in [-0.39, 0.29) is 5.91 Å². The molecule has 3 aromatic rings. The summed E-state index contributed by atoms with van der Waals surface area (Å²) >= 11 is 0. The molecule has 4 rings (SSSR count). The number of likely N-dealkylation sites (tertiary alicyclic amines) is 1. The predicted molar refractivity (Wildman–Crippen MR) is 121 cm³/mol. The van der Waals surface area contributed by atoms with Crippen LogP contribution in [-0.2, 0) is 0 Å². The highest BCUT2D eigenvalue weighted by atomic mass is 16.5. The summed E-state index contributed by atoms with van der Waals surface area (Å²) < 4.78 is 5.94. The Morgan fingerprint density at radius 1 is 1.23 bits per heavy atom. The predicted octanol–water partition coefficient (Wildman–Crippen LogP) is 4.34. The summed E-state index contributed by atoms with van der Waals surface area (Å²) in [4.78, 5) is 15.4. The molecule has 0 saturated carbocycles. The van der Waals surface area contributed by atoms with Crippen LogP contribution in [0.25, 0.3) is 10.8 Å². The Bertz CT molecular complexity index is 1110. The van der Waals surface area contributed by atoms with Crippen LogP contribution in [0, 0.1) is 19.3 Å². The molecule has 152 valence electrons. The number of carbonyl (C=O) groups excluding carboxylic acids is 1. The third-order valence-corrected chi connectivity index (χ3v) is 5.91. The van der Waals surface area contributed by atoms with Crippen molar-refractivity contribution < 1.29 is 9.53 Å². The lowest BCUT2D eigenvalue weighted by molar-refractivity contribution is 0.0767. The minimum atomic E-state index is -0.517. The molecular formula is C26H26N2O2. The van der Waals surface area contributed by atoms with Crippen molar-refractivity contribution in [2.24, 2.45) is 0 Å². The second-order valence-corrected chi connectivity index (χ2v) is 7.85. The SMILES string of the molecule is C#CC(NC(=O)c1cc(OCC2CCN2C)ccc1C)c1cccc2ccccc12. The maximum absolute atomic E-state index is 13.1. The van der Waals surface area contributed by atoms with Crippen LogP contribution >= 0.6 is 0 Å². The summed E-state index contributed by atoms with van der Waals surface area (Å²) in [6, 6.07) is 19.6. The van der Waals surface area contributed by atoms with Crippen molar-refractivity contribution in [2.45, 2.75) is 25.4 Å². The maximum Gasteiger partial charge on any atom is 0.252 e. The van der Waals surface area contributed by atoms with Gasteiger partial charge in [0, 0.05) is 11.6 Å². The molecule has 1 saturated heterocycles. The first-order valence-corrected chi connectivity index (χ1v) is 10.2. The van der Waals surface area contributed by atoms with Crippen LogP contribution < -0.4 is 10.1 Å². The van der Waals surface area contributed by atoms with E-state index in [2.05, 4.69) is 23.2 Å². The number of carbonyl (C=O) groups is 1. The lowest BCUT2D eigenvalue weighted by atomic mass is 9.98. The number of likely N-dealkylation sites (N-methyl/N-ethyl adjacent to an activating group) is 1. The Morgan fingerprint density at radius 3 is 2.77 bits per heavy atom. The number of ether oxygens (including phenoxy) is 1. The second kappa shape index (κ2) is 8.61. The molecule has 0 radical (unpaired) electrons. The van der Waals surface area contributed by atoms with E-state index in [4.69, 9.17) is 11.2 Å². The van der Waals surface area contributed by atoms with E-state index in [0.29, 0.717) is 24.0 Å². The van der Waals surface area contributed by atoms with Crippen molar-refractivity contribution >= 4 is 16.7 Å². The first-order chi connectivity index (χ1) is 14.6. The number of nitrogens with zero attached hydrogens (tertiary/aromatic N) is 1. The number of amides is 1. The van der Waals surface area contributed by atoms with Crippen molar-refractivity contribution in [1.82, 2.24) is 10.2 Å². The minimum absolute atomic E-state index is 0.199. The molecule has 30 heavy (non-hydrogen) atoms. The van der Waals surface area contributed by atoms with Gasteiger partial charge in [-0.25, -0.2) is 0 Å². The van der Waals surface area contributed by atoms with Crippen LogP contribution in [0.15, 0.2) is 60.7 Å². The number of aryl methyl sites for hydroxylation is 1. The van der Waals surface area contributed by atoms with Gasteiger partial charge in [-0.15, -0.1) is 6.42 Å². The maximum atomic E-state index is 13.1. The third kappa shape index (κ3) is 4.03. The zero-order valence-corrected chi connectivity index (χ0v) is 17.4. The fourth-order valence-electron chi connectivity index (χ4n) is 3.83. The lowest BCUT2D eigenvalue weighted by Crippen LogP contribution is -2.48. The van der Waals surface area contributed by atoms with Gasteiger partial charge in [-0.05, 0) is 61.0 Å². The van der Waals surface area contributed by atoms with Gasteiger partial charge < -0.3 is 10.1 Å². The lowest BCUT2D eigenvalue weighted by Gasteiger charge is -2.37. The van der Waals surface area contributed by atoms with Crippen molar-refractivity contribution in [1.29, 1.82) is 0 Å². The van der Waals surface area contributed by atoms with Crippen molar-refractivity contribution in [3.63, 3.8) is 0 Å². The minimum Gasteiger partial charge on any atom is -0.492 e. The van der Waals surface area contributed by atoms with E-state index in [1.54, 1.807) is 6.07 Å². The molecule has 4 heteroatoms. The van der Waals surface area contributed by atoms with Gasteiger partial charge in [0.05, 0.1) is 0 Å². The molecule has 0 spiro atoms. The number of terminal acetylenes is 1. The highest BCUT2D eigenvalue weighted by molar-refractivity contribution is 5.97. The average Bonchev–Trinajstić information content (AvgIpc) is 2.77. The Kier molecular flexibility index (Phi) is 5.74. The number of hydrogen-bond acceptors (Lipinski definition) is 3. The van der Waals surface area contributed by atoms with Gasteiger partial charge in [-0.2, -0.15) is 0 Å². The van der Waals surface area contributed by atoms with Gasteiger partial charge in [0.15, 0.2) is 0 Å². The fraction of sp³-hybridized carbons (Fsp3) is 0.269. The molecule has 0 bridgehead atoms. The Balaban J connectivity index is 1.53. The van der Waals surface area contributed by atoms with E-state index in [1.165, 1.54) is 0 Å². The van der Waals surface area contributed by atoms with Gasteiger partial charge in [-0.1, -0.05) is 54.5 Å². The Morgan fingerprint density at radius 2 is 2.03 bits per heavy atom. The molecule has 1 aliphatic heterocycles. The van der Waals surface area contributed by atoms with E-state index < -0.39 is 6.04 Å². The monoisotopic (exact) mass is 398 g/mol. The van der Waals surface area contributed by atoms with Gasteiger partial charge in [-0.3, -0.25) is 9.69 Å². The molecule has 1 heterocycles. The molecule has 4 nitrogen and oxygen atoms in total. The summed E-state index contributed by atoms with van der Waals surface area (Å²) in [7, 11) is 2.10. The number of rotatable bonds is 6. The highest BCUT2D eigenvalue weighted by Crippen LogP contribution is 2.25. The number of benzene rings is 3. The van der Waals surface area contributed by atoms with E-state index in [0.717, 1.165) is 34.9 Å². The number of nitrogens with one attached hydrogen (secondary N) is 1. The molecule has 2 atom stereocenters. The summed E-state index contributed by atoms with van der Waals surface area (Å²) in [5, 5.41) is 5.15. The van der Waals surface area contributed by atoms with Gasteiger partial charge in [0.25, 0.3) is 5.91 Å². The molecule has 0 aromatic heterocycles. The second-order valence-electron chi connectivity index (χ2n) is 7.85. The molecule has 1 amide bonds. The summed E-state index contributed by atoms with van der Waals surface area (Å²) in [6.45, 7) is 3.65. The zero-order valence-electron chi connectivity index (χ0n) is 17.4. The molecule has 1 fully saturated rings. The molecule has 2 unspecified atom stereocenters. The van der Waals surface area contributed by atoms with Crippen LogP contribution in [0.5, 0.6) is 5.75 Å². The van der Waals surface area contributed by atoms with E-state index in [9.17, 15) is 4.79 Å². The number of fused-ring (bicyclic) bond motifs is 1. The summed E-state index contributed by atoms with van der Waals surface area (Å²) in [5.41, 5.74) is 2.38. The van der Waals surface area contributed by atoms with Crippen molar-refractivity contribution in [3.05, 3.63) is 77.4 Å². The first-order valence-electron chi connectivity index (χ1n) is 10.2. The molecule has 1 N–H and O–H groups in total. The van der Waals surface area contributed by atoms with Crippen LogP contribution in [0.4, 0.5) is 0 Å². The third-order valence-electron chi connectivity index (χ3n) is 5.91. The fourth-order valence-corrected chi connectivity index (χ4v) is 3.83. The molecule has 3 aromatic carbocycles. The van der Waals surface area contributed by atoms with Gasteiger partial charge >= 0.3 is 0 Å². The van der Waals surface area contributed by atoms with Gasteiger partial charge in [0.2, 0.25) is 0 Å². The summed E-state index contributed by atoms with van der Waals surface area (Å²) in [6.07, 6.45) is 6.96. The van der Waals surface area contributed by atoms with E-state index >= 15 is 0 Å². The quantitative estimate of drug-likeness (QED) is 0.628. The number of hydrogen-bond donors (Lipinski definition) is 1. The molecule has 0 aliphatic carbocycles. The zero-order chi connectivity index (χ0) is 21.1. The van der Waals surface area contributed by atoms with Gasteiger partial charge in [0.1, 0.15) is 18.4 Å². The van der Waals surface area contributed by atoms with Crippen molar-refractivity contribution in [2.75, 3.05) is 20.2 Å². The summed E-state index contributed by atoms with van der Waals surface area (Å²) in [5.74, 6) is 3.24. The smallest absolute Gasteiger partial charge is 0.252 e. The first kappa shape index (κ1) is 20.0. The standard InChI is InChI=1S/C26H26N2O2/c1-4-25(23-11-7-9-19-8-5-6-10-22(19)23)27-26(29)24-16-21(13-12-18(24)2)30-17-20-14-15-28(20)3/h1,5-13,16,20,25H,14-15,17H2,2-3H3,(H,27,29). The van der Waals surface area contributed by atoms with Crippen LogP contribution in [0.1, 0.15) is 33.9 Å². The average molecular weight is 399 g/mol. The highest BCUT2D eigenvalue weighted by Gasteiger charge is 2.24. The largest absolute Gasteiger partial charge is 0.492 e. The van der Waals surface area contributed by atoms with Crippen LogP contribution in [-0.4, -0.2) is 37.0 Å². The van der Waals surface area contributed by atoms with Crippen molar-refractivity contribution in [3.8, 4) is 18.1 Å². The van der Waals surface area contributed by atoms with E-state index in [1.807, 2.05) is 61.5 Å². The Hall–Kier alpha value is -3.29. The topological polar surface area (TPSA) is 41.6 Å². The Labute approximate surface area is 177 Å². The molecular weight excluding hydrogens is 372 g/mol. The normalized spacial score (nSPS) is 17.0. The molecule has 1 aliphatic rings. The van der Waals surface area contributed by atoms with Crippen LogP contribution in [0.2, 0.25) is 0 Å². The van der Waals surface area contributed by atoms with Crippen LogP contribution in [0.3, 0.4) is 0 Å².